The van der Waals surface area contributed by atoms with Crippen LogP contribution >= 0.6 is 0 Å². The van der Waals surface area contributed by atoms with E-state index < -0.39 is 5.97 Å². The number of aryl methyl sites for hydroxylation is 1. The Morgan fingerprint density at radius 1 is 0.964 bits per heavy atom. The summed E-state index contributed by atoms with van der Waals surface area (Å²) in [4.78, 5) is 22.2. The number of amides is 1. The lowest BCUT2D eigenvalue weighted by molar-refractivity contribution is -0.137. The quantitative estimate of drug-likeness (QED) is 0.609. The largest absolute Gasteiger partial charge is 0.493 e. The van der Waals surface area contributed by atoms with Gasteiger partial charge in [-0.15, -0.1) is 0 Å². The van der Waals surface area contributed by atoms with Crippen LogP contribution in [0, 0.1) is 0 Å². The predicted molar refractivity (Wildman–Crippen MR) is 110 cm³/mol. The Kier molecular flexibility index (Phi) is 6.27. The molecule has 0 spiro atoms. The van der Waals surface area contributed by atoms with Gasteiger partial charge in [-0.1, -0.05) is 48.5 Å². The van der Waals surface area contributed by atoms with E-state index >= 15 is 0 Å². The molecule has 144 valence electrons. The van der Waals surface area contributed by atoms with Crippen molar-refractivity contribution in [3.05, 3.63) is 71.8 Å². The van der Waals surface area contributed by atoms with Gasteiger partial charge in [0.25, 0.3) is 0 Å². The Balaban J connectivity index is 1.70. The van der Waals surface area contributed by atoms with Crippen molar-refractivity contribution in [3.63, 3.8) is 0 Å². The molecule has 0 heterocycles. The first-order chi connectivity index (χ1) is 13.5. The number of hydrogen-bond acceptors (Lipinski definition) is 3. The number of hydrogen-bond donors (Lipinski definition) is 2. The molecule has 5 nitrogen and oxygen atoms in total. The predicted octanol–water partition coefficient (Wildman–Crippen LogP) is 4.44. The van der Waals surface area contributed by atoms with E-state index in [0.717, 1.165) is 12.0 Å². The molecule has 28 heavy (non-hydrogen) atoms. The minimum Gasteiger partial charge on any atom is -0.493 e. The van der Waals surface area contributed by atoms with E-state index in [1.54, 1.807) is 18.2 Å². The van der Waals surface area contributed by atoms with Crippen LogP contribution in [0.25, 0.3) is 10.8 Å². The van der Waals surface area contributed by atoms with E-state index in [4.69, 9.17) is 9.84 Å². The zero-order chi connectivity index (χ0) is 19.9. The lowest BCUT2D eigenvalue weighted by atomic mass is 10.1. The first-order valence-corrected chi connectivity index (χ1v) is 9.24. The summed E-state index contributed by atoms with van der Waals surface area (Å²) in [6.07, 6.45) is 1.13. The maximum absolute atomic E-state index is 11.3. The van der Waals surface area contributed by atoms with Crippen molar-refractivity contribution in [1.29, 1.82) is 0 Å². The molecule has 0 aliphatic heterocycles. The summed E-state index contributed by atoms with van der Waals surface area (Å²) in [5, 5.41) is 14.1. The number of ether oxygens (including phenoxy) is 1. The minimum absolute atomic E-state index is 0.0283. The lowest BCUT2D eigenvalue weighted by Gasteiger charge is -2.13. The van der Waals surface area contributed by atoms with Gasteiger partial charge in [-0.3, -0.25) is 9.59 Å². The maximum Gasteiger partial charge on any atom is 0.303 e. The van der Waals surface area contributed by atoms with Crippen molar-refractivity contribution >= 4 is 28.3 Å². The van der Waals surface area contributed by atoms with E-state index in [1.807, 2.05) is 12.1 Å². The standard InChI is InChI=1S/C23H23NO4/c1-16(25)24-21-10-8-19(9-11-23(26)27)22(15-21)28-13-12-17-6-7-18-4-2-3-5-20(18)14-17/h2-8,10,14-15H,9,11-13H2,1H3,(H,24,25)(H,26,27). The molecule has 0 fully saturated rings. The van der Waals surface area contributed by atoms with Crippen LogP contribution < -0.4 is 10.1 Å². The van der Waals surface area contributed by atoms with Gasteiger partial charge in [-0.25, -0.2) is 0 Å². The van der Waals surface area contributed by atoms with Crippen LogP contribution in [0.3, 0.4) is 0 Å². The molecule has 0 atom stereocenters. The average Bonchev–Trinajstić information content (AvgIpc) is 2.66. The third-order valence-electron chi connectivity index (χ3n) is 4.46. The monoisotopic (exact) mass is 377 g/mol. The molecule has 3 aromatic carbocycles. The zero-order valence-electron chi connectivity index (χ0n) is 15.8. The Hall–Kier alpha value is -3.34. The van der Waals surface area contributed by atoms with Crippen molar-refractivity contribution in [2.75, 3.05) is 11.9 Å². The third kappa shape index (κ3) is 5.33. The Morgan fingerprint density at radius 2 is 1.75 bits per heavy atom. The van der Waals surface area contributed by atoms with Crippen molar-refractivity contribution in [3.8, 4) is 5.75 Å². The van der Waals surface area contributed by atoms with Gasteiger partial charge in [0, 0.05) is 31.5 Å². The fourth-order valence-electron chi connectivity index (χ4n) is 3.09. The Morgan fingerprint density at radius 3 is 2.50 bits per heavy atom. The highest BCUT2D eigenvalue weighted by atomic mass is 16.5. The lowest BCUT2D eigenvalue weighted by Crippen LogP contribution is -2.08. The third-order valence-corrected chi connectivity index (χ3v) is 4.46. The van der Waals surface area contributed by atoms with Crippen LogP contribution in [0.1, 0.15) is 24.5 Å². The van der Waals surface area contributed by atoms with Crippen molar-refractivity contribution in [2.45, 2.75) is 26.2 Å². The number of nitrogens with one attached hydrogen (secondary N) is 1. The van der Waals surface area contributed by atoms with Gasteiger partial charge in [0.2, 0.25) is 5.91 Å². The van der Waals surface area contributed by atoms with E-state index in [-0.39, 0.29) is 12.3 Å². The highest BCUT2D eigenvalue weighted by Crippen LogP contribution is 2.25. The van der Waals surface area contributed by atoms with E-state index in [0.29, 0.717) is 24.5 Å². The normalized spacial score (nSPS) is 10.6. The molecule has 0 aliphatic rings. The summed E-state index contributed by atoms with van der Waals surface area (Å²) in [7, 11) is 0. The van der Waals surface area contributed by atoms with Crippen LogP contribution in [-0.2, 0) is 22.4 Å². The maximum atomic E-state index is 11.3. The first-order valence-electron chi connectivity index (χ1n) is 9.24. The molecule has 0 aromatic heterocycles. The van der Waals surface area contributed by atoms with Crippen LogP contribution in [0.5, 0.6) is 5.75 Å². The van der Waals surface area contributed by atoms with Crippen LogP contribution in [0.15, 0.2) is 60.7 Å². The van der Waals surface area contributed by atoms with Gasteiger partial charge in [0.15, 0.2) is 0 Å². The fraction of sp³-hybridized carbons (Fsp3) is 0.217. The molecule has 0 aliphatic carbocycles. The average molecular weight is 377 g/mol. The van der Waals surface area contributed by atoms with Crippen LogP contribution in [0.2, 0.25) is 0 Å². The fourth-order valence-corrected chi connectivity index (χ4v) is 3.09. The number of fused-ring (bicyclic) bond motifs is 1. The van der Waals surface area contributed by atoms with Crippen molar-refractivity contribution < 1.29 is 19.4 Å². The van der Waals surface area contributed by atoms with Gasteiger partial charge >= 0.3 is 5.97 Å². The second-order valence-corrected chi connectivity index (χ2v) is 6.68. The molecule has 3 rings (SSSR count). The summed E-state index contributed by atoms with van der Waals surface area (Å²) in [6, 6.07) is 19.9. The topological polar surface area (TPSA) is 75.6 Å². The molecule has 0 saturated heterocycles. The number of carbonyl (C=O) groups is 2. The Labute approximate surface area is 164 Å². The minimum atomic E-state index is -0.854. The molecule has 2 N–H and O–H groups in total. The molecule has 0 unspecified atom stereocenters. The zero-order valence-corrected chi connectivity index (χ0v) is 15.8. The number of benzene rings is 3. The first kappa shape index (κ1) is 19.4. The van der Waals surface area contributed by atoms with E-state index in [1.165, 1.54) is 23.3 Å². The molecular formula is C23H23NO4. The van der Waals surface area contributed by atoms with E-state index in [9.17, 15) is 9.59 Å². The van der Waals surface area contributed by atoms with Crippen LogP contribution in [-0.4, -0.2) is 23.6 Å². The summed E-state index contributed by atoms with van der Waals surface area (Å²) < 4.78 is 5.96. The Bertz CT molecular complexity index is 997. The summed E-state index contributed by atoms with van der Waals surface area (Å²) >= 11 is 0. The van der Waals surface area contributed by atoms with Crippen molar-refractivity contribution in [1.82, 2.24) is 0 Å². The smallest absolute Gasteiger partial charge is 0.303 e. The SMILES string of the molecule is CC(=O)Nc1ccc(CCC(=O)O)c(OCCc2ccc3ccccc3c2)c1. The van der Waals surface area contributed by atoms with Gasteiger partial charge in [-0.05, 0) is 34.4 Å². The number of anilines is 1. The second kappa shape index (κ2) is 9.04. The van der Waals surface area contributed by atoms with Crippen molar-refractivity contribution in [2.24, 2.45) is 0 Å². The number of aliphatic carboxylic acids is 1. The van der Waals surface area contributed by atoms with Crippen LogP contribution in [0.4, 0.5) is 5.69 Å². The van der Waals surface area contributed by atoms with E-state index in [2.05, 4.69) is 35.6 Å². The molecular weight excluding hydrogens is 354 g/mol. The molecule has 1 amide bonds. The second-order valence-electron chi connectivity index (χ2n) is 6.68. The molecule has 0 saturated carbocycles. The van der Waals surface area contributed by atoms with Gasteiger partial charge in [0.1, 0.15) is 5.75 Å². The summed E-state index contributed by atoms with van der Waals surface area (Å²) in [5.41, 5.74) is 2.62. The molecule has 0 radical (unpaired) electrons. The molecule has 5 heteroatoms. The summed E-state index contributed by atoms with van der Waals surface area (Å²) in [5.74, 6) is -0.415. The highest BCUT2D eigenvalue weighted by Gasteiger charge is 2.09. The number of rotatable bonds is 8. The number of carboxylic acid groups (broad SMARTS) is 1. The van der Waals surface area contributed by atoms with Gasteiger partial charge in [-0.2, -0.15) is 0 Å². The highest BCUT2D eigenvalue weighted by molar-refractivity contribution is 5.89. The summed E-state index contributed by atoms with van der Waals surface area (Å²) in [6.45, 7) is 1.90. The number of carboxylic acids is 1. The molecule has 0 bridgehead atoms. The number of carbonyl (C=O) groups excluding carboxylic acids is 1. The molecule has 3 aromatic rings. The van der Waals surface area contributed by atoms with Gasteiger partial charge in [0.05, 0.1) is 6.61 Å². The van der Waals surface area contributed by atoms with Gasteiger partial charge < -0.3 is 15.2 Å².